The largest absolute Gasteiger partial charge is 0.480 e. The first-order valence-electron chi connectivity index (χ1n) is 6.72. The molecule has 1 fully saturated rings. The van der Waals surface area contributed by atoms with Crippen LogP contribution in [0.15, 0.2) is 24.3 Å². The van der Waals surface area contributed by atoms with Gasteiger partial charge in [-0.3, -0.25) is 4.79 Å². The first-order valence-corrected chi connectivity index (χ1v) is 7.53. The van der Waals surface area contributed by atoms with E-state index in [0.29, 0.717) is 10.3 Å². The zero-order valence-electron chi connectivity index (χ0n) is 11.4. The van der Waals surface area contributed by atoms with Crippen LogP contribution in [0.25, 0.3) is 10.1 Å². The third-order valence-electron chi connectivity index (χ3n) is 3.64. The summed E-state index contributed by atoms with van der Waals surface area (Å²) in [6, 6.07) is 5.15. The van der Waals surface area contributed by atoms with Gasteiger partial charge in [0.25, 0.3) is 5.91 Å². The van der Waals surface area contributed by atoms with E-state index < -0.39 is 12.0 Å². The fraction of sp³-hybridized carbons (Fsp3) is 0.333. The van der Waals surface area contributed by atoms with Crippen molar-refractivity contribution in [3.05, 3.63) is 35.0 Å². The summed E-state index contributed by atoms with van der Waals surface area (Å²) < 4.78 is 14.0. The maximum atomic E-state index is 13.2. The highest BCUT2D eigenvalue weighted by Gasteiger charge is 2.39. The summed E-state index contributed by atoms with van der Waals surface area (Å²) in [4.78, 5) is 25.7. The molecule has 4 nitrogen and oxygen atoms in total. The topological polar surface area (TPSA) is 57.6 Å². The molecule has 1 heterocycles. The Kier molecular flexibility index (Phi) is 3.41. The number of rotatable bonds is 4. The highest BCUT2D eigenvalue weighted by atomic mass is 32.1. The van der Waals surface area contributed by atoms with Gasteiger partial charge < -0.3 is 10.0 Å². The molecular formula is C15H14FNO3S. The number of carboxylic acid groups (broad SMARTS) is 1. The van der Waals surface area contributed by atoms with E-state index in [1.807, 2.05) is 0 Å². The number of hydrogen-bond acceptors (Lipinski definition) is 3. The Morgan fingerprint density at radius 1 is 1.38 bits per heavy atom. The van der Waals surface area contributed by atoms with Crippen LogP contribution in [0.5, 0.6) is 0 Å². The van der Waals surface area contributed by atoms with E-state index in [-0.39, 0.29) is 17.8 Å². The summed E-state index contributed by atoms with van der Waals surface area (Å²) in [6.45, 7) is 1.52. The van der Waals surface area contributed by atoms with E-state index in [1.165, 1.54) is 35.3 Å². The molecular weight excluding hydrogens is 293 g/mol. The number of amides is 1. The van der Waals surface area contributed by atoms with Crippen molar-refractivity contribution in [1.82, 2.24) is 4.90 Å². The molecule has 0 aliphatic heterocycles. The Labute approximate surface area is 124 Å². The first-order chi connectivity index (χ1) is 9.97. The van der Waals surface area contributed by atoms with Crippen LogP contribution in [0.2, 0.25) is 0 Å². The van der Waals surface area contributed by atoms with Crippen molar-refractivity contribution in [2.45, 2.75) is 31.8 Å². The van der Waals surface area contributed by atoms with Crippen molar-refractivity contribution in [1.29, 1.82) is 0 Å². The van der Waals surface area contributed by atoms with Gasteiger partial charge in [-0.05, 0) is 49.4 Å². The number of hydrogen-bond donors (Lipinski definition) is 1. The molecule has 0 spiro atoms. The summed E-state index contributed by atoms with van der Waals surface area (Å²) in [7, 11) is 0. The molecule has 1 saturated carbocycles. The van der Waals surface area contributed by atoms with Crippen molar-refractivity contribution in [2.75, 3.05) is 0 Å². The van der Waals surface area contributed by atoms with Crippen LogP contribution >= 0.6 is 11.3 Å². The maximum Gasteiger partial charge on any atom is 0.326 e. The smallest absolute Gasteiger partial charge is 0.326 e. The lowest BCUT2D eigenvalue weighted by Crippen LogP contribution is -2.44. The lowest BCUT2D eigenvalue weighted by Gasteiger charge is -2.25. The minimum absolute atomic E-state index is 0.00514. The molecule has 1 atom stereocenters. The molecule has 1 aliphatic rings. The molecule has 2 aromatic rings. The molecule has 1 N–H and O–H groups in total. The van der Waals surface area contributed by atoms with Crippen molar-refractivity contribution < 1.29 is 19.1 Å². The zero-order chi connectivity index (χ0) is 15.1. The minimum atomic E-state index is -1.01. The fourth-order valence-electron chi connectivity index (χ4n) is 2.38. The molecule has 1 aliphatic carbocycles. The molecule has 3 rings (SSSR count). The standard InChI is InChI=1S/C15H14FNO3S/c1-8(15(19)20)17(11-3-4-11)14(18)13-7-9-6-10(16)2-5-12(9)21-13/h2,5-8,11H,3-4H2,1H3,(H,19,20). The van der Waals surface area contributed by atoms with Gasteiger partial charge in [-0.15, -0.1) is 11.3 Å². The van der Waals surface area contributed by atoms with E-state index in [0.717, 1.165) is 17.5 Å². The van der Waals surface area contributed by atoms with Crippen LogP contribution in [-0.4, -0.2) is 34.0 Å². The zero-order valence-corrected chi connectivity index (χ0v) is 12.2. The van der Waals surface area contributed by atoms with E-state index >= 15 is 0 Å². The number of fused-ring (bicyclic) bond motifs is 1. The van der Waals surface area contributed by atoms with Gasteiger partial charge in [-0.1, -0.05) is 0 Å². The van der Waals surface area contributed by atoms with Crippen molar-refractivity contribution in [2.24, 2.45) is 0 Å². The second-order valence-electron chi connectivity index (χ2n) is 5.25. The first kappa shape index (κ1) is 14.0. The monoisotopic (exact) mass is 307 g/mol. The predicted octanol–water partition coefficient (Wildman–Crippen LogP) is 3.12. The molecule has 0 saturated heterocycles. The average molecular weight is 307 g/mol. The van der Waals surface area contributed by atoms with Crippen LogP contribution in [-0.2, 0) is 4.79 Å². The average Bonchev–Trinajstić information content (AvgIpc) is 3.17. The second-order valence-corrected chi connectivity index (χ2v) is 6.33. The van der Waals surface area contributed by atoms with Crippen LogP contribution in [0.3, 0.4) is 0 Å². The Bertz CT molecular complexity index is 723. The molecule has 1 unspecified atom stereocenters. The summed E-state index contributed by atoms with van der Waals surface area (Å²) >= 11 is 1.27. The number of benzene rings is 1. The quantitative estimate of drug-likeness (QED) is 0.944. The van der Waals surface area contributed by atoms with E-state index in [2.05, 4.69) is 0 Å². The number of carbonyl (C=O) groups is 2. The van der Waals surface area contributed by atoms with Gasteiger partial charge in [0.05, 0.1) is 4.88 Å². The normalized spacial score (nSPS) is 15.9. The van der Waals surface area contributed by atoms with Gasteiger partial charge in [0, 0.05) is 10.7 Å². The number of carbonyl (C=O) groups excluding carboxylic acids is 1. The molecule has 1 amide bonds. The molecule has 110 valence electrons. The Morgan fingerprint density at radius 3 is 2.71 bits per heavy atom. The Hall–Kier alpha value is -1.95. The lowest BCUT2D eigenvalue weighted by molar-refractivity contribution is -0.141. The van der Waals surface area contributed by atoms with Crippen molar-refractivity contribution in [3.63, 3.8) is 0 Å². The van der Waals surface area contributed by atoms with Gasteiger partial charge in [-0.25, -0.2) is 9.18 Å². The number of nitrogens with zero attached hydrogens (tertiary/aromatic N) is 1. The van der Waals surface area contributed by atoms with Crippen LogP contribution in [0, 0.1) is 5.82 Å². The summed E-state index contributed by atoms with van der Waals surface area (Å²) in [5.41, 5.74) is 0. The molecule has 0 bridgehead atoms. The number of aliphatic carboxylic acids is 1. The summed E-state index contributed by atoms with van der Waals surface area (Å²) in [5.74, 6) is -1.64. The molecule has 21 heavy (non-hydrogen) atoms. The highest BCUT2D eigenvalue weighted by molar-refractivity contribution is 7.20. The maximum absolute atomic E-state index is 13.2. The second kappa shape index (κ2) is 5.11. The molecule has 0 radical (unpaired) electrons. The predicted molar refractivity (Wildman–Crippen MR) is 78.1 cm³/mol. The number of halogens is 1. The van der Waals surface area contributed by atoms with Crippen molar-refractivity contribution in [3.8, 4) is 0 Å². The molecule has 1 aromatic heterocycles. The van der Waals surface area contributed by atoms with E-state index in [1.54, 1.807) is 12.1 Å². The van der Waals surface area contributed by atoms with Crippen LogP contribution < -0.4 is 0 Å². The highest BCUT2D eigenvalue weighted by Crippen LogP contribution is 2.33. The van der Waals surface area contributed by atoms with Gasteiger partial charge in [-0.2, -0.15) is 0 Å². The lowest BCUT2D eigenvalue weighted by atomic mass is 10.2. The van der Waals surface area contributed by atoms with E-state index in [4.69, 9.17) is 5.11 Å². The third-order valence-corrected chi connectivity index (χ3v) is 4.74. The van der Waals surface area contributed by atoms with Crippen LogP contribution in [0.1, 0.15) is 29.4 Å². The molecule has 6 heteroatoms. The number of thiophene rings is 1. The van der Waals surface area contributed by atoms with Gasteiger partial charge >= 0.3 is 5.97 Å². The minimum Gasteiger partial charge on any atom is -0.480 e. The SMILES string of the molecule is CC(C(=O)O)N(C(=O)c1cc2cc(F)ccc2s1)C1CC1. The molecule has 1 aromatic carbocycles. The van der Waals surface area contributed by atoms with E-state index in [9.17, 15) is 14.0 Å². The number of carboxylic acids is 1. The fourth-order valence-corrected chi connectivity index (χ4v) is 3.36. The van der Waals surface area contributed by atoms with Gasteiger partial charge in [0.1, 0.15) is 11.9 Å². The van der Waals surface area contributed by atoms with Gasteiger partial charge in [0.2, 0.25) is 0 Å². The Morgan fingerprint density at radius 2 is 2.10 bits per heavy atom. The summed E-state index contributed by atoms with van der Waals surface area (Å²) in [5, 5.41) is 9.83. The van der Waals surface area contributed by atoms with Gasteiger partial charge in [0.15, 0.2) is 0 Å². The Balaban J connectivity index is 1.95. The van der Waals surface area contributed by atoms with Crippen molar-refractivity contribution >= 4 is 33.3 Å². The summed E-state index contributed by atoms with van der Waals surface area (Å²) in [6.07, 6.45) is 1.67. The third kappa shape index (κ3) is 2.63. The van der Waals surface area contributed by atoms with Crippen LogP contribution in [0.4, 0.5) is 4.39 Å².